The zero-order valence-electron chi connectivity index (χ0n) is 14.6. The molecule has 1 aliphatic heterocycles. The molecule has 1 N–H and O–H groups in total. The van der Waals surface area contributed by atoms with Crippen molar-refractivity contribution < 1.29 is 9.53 Å². The lowest BCUT2D eigenvalue weighted by molar-refractivity contribution is 0.102. The lowest BCUT2D eigenvalue weighted by Crippen LogP contribution is -2.22. The number of amides is 1. The lowest BCUT2D eigenvalue weighted by Gasteiger charge is -2.17. The van der Waals surface area contributed by atoms with Crippen molar-refractivity contribution >= 4 is 29.0 Å². The third-order valence-electron chi connectivity index (χ3n) is 4.22. The maximum absolute atomic E-state index is 12.7. The topological polar surface area (TPSA) is 67.3 Å². The number of methoxy groups -OCH3 is 1. The largest absolute Gasteiger partial charge is 0.495 e. The smallest absolute Gasteiger partial charge is 0.274 e. The minimum Gasteiger partial charge on any atom is -0.495 e. The van der Waals surface area contributed by atoms with Gasteiger partial charge >= 0.3 is 0 Å². The Balaban J connectivity index is 1.87. The van der Waals surface area contributed by atoms with Crippen LogP contribution >= 0.6 is 11.6 Å². The number of nitrogens with zero attached hydrogens (tertiary/aromatic N) is 3. The fourth-order valence-electron chi connectivity index (χ4n) is 2.89. The van der Waals surface area contributed by atoms with Crippen molar-refractivity contribution in [1.29, 1.82) is 0 Å². The first-order valence-corrected chi connectivity index (χ1v) is 8.62. The van der Waals surface area contributed by atoms with Gasteiger partial charge in [-0.1, -0.05) is 11.6 Å². The van der Waals surface area contributed by atoms with Gasteiger partial charge in [0, 0.05) is 30.2 Å². The highest BCUT2D eigenvalue weighted by Gasteiger charge is 2.18. The van der Waals surface area contributed by atoms with Crippen molar-refractivity contribution in [1.82, 2.24) is 9.97 Å². The van der Waals surface area contributed by atoms with E-state index in [2.05, 4.69) is 20.2 Å². The highest BCUT2D eigenvalue weighted by Crippen LogP contribution is 2.31. The number of carbonyl (C=O) groups excluding carboxylic acids is 1. The van der Waals surface area contributed by atoms with Crippen molar-refractivity contribution in [3.05, 3.63) is 40.3 Å². The molecule has 2 aromatic rings. The zero-order chi connectivity index (χ0) is 18.0. The van der Waals surface area contributed by atoms with Crippen LogP contribution in [0.2, 0.25) is 5.02 Å². The molecule has 3 rings (SSSR count). The number of aryl methyl sites for hydroxylation is 2. The SMILES string of the molecule is COc1cc(Cl)c(C)cc1NC(=O)c1cc(N2CCCC2)nc(C)n1. The Hall–Kier alpha value is -2.34. The number of rotatable bonds is 4. The van der Waals surface area contributed by atoms with Gasteiger partial charge in [0.15, 0.2) is 0 Å². The van der Waals surface area contributed by atoms with Crippen molar-refractivity contribution in [3.63, 3.8) is 0 Å². The lowest BCUT2D eigenvalue weighted by atomic mass is 10.2. The molecule has 0 unspecified atom stereocenters. The summed E-state index contributed by atoms with van der Waals surface area (Å²) in [7, 11) is 1.54. The molecule has 7 heteroatoms. The first-order chi connectivity index (χ1) is 12.0. The Morgan fingerprint density at radius 1 is 1.20 bits per heavy atom. The van der Waals surface area contributed by atoms with Crippen molar-refractivity contribution in [2.45, 2.75) is 26.7 Å². The molecule has 1 fully saturated rings. The van der Waals surface area contributed by atoms with Gasteiger partial charge in [0.05, 0.1) is 12.8 Å². The predicted molar refractivity (Wildman–Crippen MR) is 98.9 cm³/mol. The van der Waals surface area contributed by atoms with E-state index >= 15 is 0 Å². The molecule has 1 saturated heterocycles. The van der Waals surface area contributed by atoms with Gasteiger partial charge in [0.25, 0.3) is 5.91 Å². The Kier molecular flexibility index (Phi) is 5.08. The number of anilines is 2. The second-order valence-corrected chi connectivity index (χ2v) is 6.52. The maximum atomic E-state index is 12.7. The molecule has 1 aliphatic rings. The van der Waals surface area contributed by atoms with E-state index in [1.807, 2.05) is 6.92 Å². The number of hydrogen-bond acceptors (Lipinski definition) is 5. The van der Waals surface area contributed by atoms with E-state index in [-0.39, 0.29) is 5.91 Å². The van der Waals surface area contributed by atoms with Crippen LogP contribution in [0.25, 0.3) is 0 Å². The van der Waals surface area contributed by atoms with E-state index in [1.54, 1.807) is 25.1 Å². The first kappa shape index (κ1) is 17.5. The van der Waals surface area contributed by atoms with Crippen LogP contribution in [-0.2, 0) is 0 Å². The molecule has 1 amide bonds. The summed E-state index contributed by atoms with van der Waals surface area (Å²) in [5.74, 6) is 1.59. The van der Waals surface area contributed by atoms with Crippen LogP contribution in [0.1, 0.15) is 34.7 Å². The fourth-order valence-corrected chi connectivity index (χ4v) is 3.05. The zero-order valence-corrected chi connectivity index (χ0v) is 15.4. The number of benzene rings is 1. The second kappa shape index (κ2) is 7.27. The number of halogens is 1. The molecular weight excluding hydrogens is 340 g/mol. The summed E-state index contributed by atoms with van der Waals surface area (Å²) >= 11 is 6.11. The summed E-state index contributed by atoms with van der Waals surface area (Å²) in [5, 5.41) is 3.45. The monoisotopic (exact) mass is 360 g/mol. The van der Waals surface area contributed by atoms with Crippen LogP contribution in [0.3, 0.4) is 0 Å². The molecule has 25 heavy (non-hydrogen) atoms. The highest BCUT2D eigenvalue weighted by molar-refractivity contribution is 6.31. The molecular formula is C18H21ClN4O2. The molecule has 2 heterocycles. The second-order valence-electron chi connectivity index (χ2n) is 6.11. The third-order valence-corrected chi connectivity index (χ3v) is 4.62. The molecule has 1 aromatic heterocycles. The van der Waals surface area contributed by atoms with E-state index in [0.717, 1.165) is 37.3 Å². The summed E-state index contributed by atoms with van der Waals surface area (Å²) in [6.45, 7) is 5.59. The van der Waals surface area contributed by atoms with E-state index in [1.165, 1.54) is 7.11 Å². The van der Waals surface area contributed by atoms with E-state index in [0.29, 0.717) is 28.0 Å². The molecule has 6 nitrogen and oxygen atoms in total. The fraction of sp³-hybridized carbons (Fsp3) is 0.389. The summed E-state index contributed by atoms with van der Waals surface area (Å²) < 4.78 is 5.31. The number of aromatic nitrogens is 2. The van der Waals surface area contributed by atoms with Gasteiger partial charge in [0.2, 0.25) is 0 Å². The van der Waals surface area contributed by atoms with Gasteiger partial charge in [-0.05, 0) is 38.3 Å². The molecule has 0 saturated carbocycles. The summed E-state index contributed by atoms with van der Waals surface area (Å²) in [4.78, 5) is 23.6. The quantitative estimate of drug-likeness (QED) is 0.902. The van der Waals surface area contributed by atoms with Crippen LogP contribution in [0.15, 0.2) is 18.2 Å². The summed E-state index contributed by atoms with van der Waals surface area (Å²) in [6, 6.07) is 5.21. The number of carbonyl (C=O) groups is 1. The van der Waals surface area contributed by atoms with E-state index in [4.69, 9.17) is 16.3 Å². The Morgan fingerprint density at radius 2 is 1.92 bits per heavy atom. The van der Waals surface area contributed by atoms with Crippen molar-refractivity contribution in [2.75, 3.05) is 30.4 Å². The first-order valence-electron chi connectivity index (χ1n) is 8.24. The van der Waals surface area contributed by atoms with Gasteiger partial charge in [0.1, 0.15) is 23.1 Å². The molecule has 132 valence electrons. The van der Waals surface area contributed by atoms with Crippen LogP contribution < -0.4 is 15.0 Å². The number of ether oxygens (including phenoxy) is 1. The van der Waals surface area contributed by atoms with Gasteiger partial charge < -0.3 is 15.0 Å². The Labute approximate surface area is 152 Å². The van der Waals surface area contributed by atoms with E-state index < -0.39 is 0 Å². The predicted octanol–water partition coefficient (Wildman–Crippen LogP) is 3.61. The minimum absolute atomic E-state index is 0.300. The van der Waals surface area contributed by atoms with Gasteiger partial charge in [-0.15, -0.1) is 0 Å². The van der Waals surface area contributed by atoms with Gasteiger partial charge in [-0.25, -0.2) is 9.97 Å². The van der Waals surface area contributed by atoms with Crippen LogP contribution in [0.5, 0.6) is 5.75 Å². The normalized spacial score (nSPS) is 13.8. The standard InChI is InChI=1S/C18H21ClN4O2/c1-11-8-14(16(25-3)9-13(11)19)22-18(24)15-10-17(21-12(2)20-15)23-6-4-5-7-23/h8-10H,4-7H2,1-3H3,(H,22,24). The van der Waals surface area contributed by atoms with Crippen LogP contribution in [-0.4, -0.2) is 36.1 Å². The average molecular weight is 361 g/mol. The molecule has 0 aliphatic carbocycles. The van der Waals surface area contributed by atoms with Gasteiger partial charge in [-0.3, -0.25) is 4.79 Å². The third kappa shape index (κ3) is 3.85. The van der Waals surface area contributed by atoms with Crippen molar-refractivity contribution in [2.24, 2.45) is 0 Å². The Morgan fingerprint density at radius 3 is 2.60 bits per heavy atom. The highest BCUT2D eigenvalue weighted by atomic mass is 35.5. The summed E-state index contributed by atoms with van der Waals surface area (Å²) in [5.41, 5.74) is 1.76. The molecule has 0 spiro atoms. The van der Waals surface area contributed by atoms with Crippen LogP contribution in [0, 0.1) is 13.8 Å². The molecule has 0 atom stereocenters. The number of hydrogen-bond donors (Lipinski definition) is 1. The maximum Gasteiger partial charge on any atom is 0.274 e. The summed E-state index contributed by atoms with van der Waals surface area (Å²) in [6.07, 6.45) is 2.29. The molecule has 1 aromatic carbocycles. The van der Waals surface area contributed by atoms with Crippen molar-refractivity contribution in [3.8, 4) is 5.75 Å². The number of nitrogens with one attached hydrogen (secondary N) is 1. The minimum atomic E-state index is -0.300. The van der Waals surface area contributed by atoms with Crippen LogP contribution in [0.4, 0.5) is 11.5 Å². The van der Waals surface area contributed by atoms with Gasteiger partial charge in [-0.2, -0.15) is 0 Å². The molecule has 0 radical (unpaired) electrons. The molecule has 0 bridgehead atoms. The van der Waals surface area contributed by atoms with E-state index in [9.17, 15) is 4.79 Å². The average Bonchev–Trinajstić information content (AvgIpc) is 3.12. The Bertz CT molecular complexity index is 804.